The van der Waals surface area contributed by atoms with Crippen LogP contribution in [0.15, 0.2) is 0 Å². The van der Waals surface area contributed by atoms with E-state index in [0.717, 1.165) is 6.42 Å². The highest BCUT2D eigenvalue weighted by atomic mass is 16.5. The first-order valence-corrected chi connectivity index (χ1v) is 8.00. The van der Waals surface area contributed by atoms with Crippen LogP contribution in [0.1, 0.15) is 32.1 Å². The molecule has 0 aromatic heterocycles. The number of hydrogen-bond donors (Lipinski definition) is 4. The number of ether oxygens (including phenoxy) is 3. The average molecular weight is 326 g/mol. The van der Waals surface area contributed by atoms with Crippen molar-refractivity contribution in [3.05, 3.63) is 0 Å². The van der Waals surface area contributed by atoms with Gasteiger partial charge in [-0.05, 0) is 32.1 Å². The highest BCUT2D eigenvalue weighted by molar-refractivity contribution is 4.37. The number of rotatable bonds is 16. The number of hydrogen-bond acceptors (Lipinski definition) is 7. The summed E-state index contributed by atoms with van der Waals surface area (Å²) in [5.74, 6) is 0. The molecule has 0 fully saturated rings. The molecule has 22 heavy (non-hydrogen) atoms. The van der Waals surface area contributed by atoms with Crippen LogP contribution >= 0.6 is 0 Å². The van der Waals surface area contributed by atoms with Crippen LogP contribution < -0.4 is 0 Å². The summed E-state index contributed by atoms with van der Waals surface area (Å²) in [6.45, 7) is 4.52. The summed E-state index contributed by atoms with van der Waals surface area (Å²) in [5.41, 5.74) is 0. The van der Waals surface area contributed by atoms with Gasteiger partial charge >= 0.3 is 0 Å². The standard InChI is InChI=1S/C9H20O4.C6H14O3/c10-4-1-6-12-8-3-9-13-7-2-5-11;7-3-1-5-9-6-2-4-8/h10-11H,1-9H2;7-8H,1-6H2. The van der Waals surface area contributed by atoms with Crippen LogP contribution in [0.2, 0.25) is 0 Å². The maximum atomic E-state index is 8.44. The normalized spacial score (nSPS) is 10.4. The fourth-order valence-corrected chi connectivity index (χ4v) is 1.24. The fourth-order valence-electron chi connectivity index (χ4n) is 1.24. The Kier molecular flexibility index (Phi) is 28.0. The number of aliphatic hydroxyl groups excluding tert-OH is 4. The zero-order chi connectivity index (χ0) is 16.7. The third-order valence-corrected chi connectivity index (χ3v) is 2.36. The van der Waals surface area contributed by atoms with E-state index < -0.39 is 0 Å². The summed E-state index contributed by atoms with van der Waals surface area (Å²) in [5, 5.41) is 33.5. The van der Waals surface area contributed by atoms with E-state index in [1.165, 1.54) is 0 Å². The Morgan fingerprint density at radius 1 is 0.364 bits per heavy atom. The molecule has 0 aliphatic carbocycles. The van der Waals surface area contributed by atoms with Crippen LogP contribution in [0.5, 0.6) is 0 Å². The van der Waals surface area contributed by atoms with Gasteiger partial charge in [0.05, 0.1) is 0 Å². The summed E-state index contributed by atoms with van der Waals surface area (Å²) >= 11 is 0. The third-order valence-electron chi connectivity index (χ3n) is 2.36. The van der Waals surface area contributed by atoms with Gasteiger partial charge in [-0.2, -0.15) is 0 Å². The molecule has 136 valence electrons. The van der Waals surface area contributed by atoms with E-state index in [9.17, 15) is 0 Å². The van der Waals surface area contributed by atoms with Crippen molar-refractivity contribution in [1.82, 2.24) is 0 Å². The molecule has 0 unspecified atom stereocenters. The van der Waals surface area contributed by atoms with Crippen LogP contribution in [0.25, 0.3) is 0 Å². The monoisotopic (exact) mass is 326 g/mol. The van der Waals surface area contributed by atoms with Gasteiger partial charge in [0.15, 0.2) is 0 Å². The summed E-state index contributed by atoms with van der Waals surface area (Å²) in [7, 11) is 0. The highest BCUT2D eigenvalue weighted by Crippen LogP contribution is 1.88. The smallest absolute Gasteiger partial charge is 0.0488 e. The lowest BCUT2D eigenvalue weighted by Gasteiger charge is -2.03. The minimum atomic E-state index is 0.180. The van der Waals surface area contributed by atoms with E-state index in [2.05, 4.69) is 0 Å². The lowest BCUT2D eigenvalue weighted by molar-refractivity contribution is 0.0710. The Labute approximate surface area is 133 Å². The first-order valence-electron chi connectivity index (χ1n) is 8.00. The molecule has 0 spiro atoms. The van der Waals surface area contributed by atoms with Gasteiger partial charge in [-0.25, -0.2) is 0 Å². The van der Waals surface area contributed by atoms with Crippen molar-refractivity contribution < 1.29 is 34.6 Å². The Morgan fingerprint density at radius 3 is 0.818 bits per heavy atom. The van der Waals surface area contributed by atoms with Crippen LogP contribution in [-0.2, 0) is 14.2 Å². The van der Waals surface area contributed by atoms with Crippen molar-refractivity contribution >= 4 is 0 Å². The second kappa shape index (κ2) is 25.7. The predicted molar refractivity (Wildman–Crippen MR) is 83.9 cm³/mol. The molecule has 0 saturated heterocycles. The van der Waals surface area contributed by atoms with E-state index in [1.54, 1.807) is 0 Å². The second-order valence-corrected chi connectivity index (χ2v) is 4.50. The summed E-state index contributed by atoms with van der Waals surface area (Å²) in [6, 6.07) is 0. The lowest BCUT2D eigenvalue weighted by atomic mass is 10.4. The van der Waals surface area contributed by atoms with Gasteiger partial charge < -0.3 is 34.6 Å². The quantitative estimate of drug-likeness (QED) is 0.294. The summed E-state index contributed by atoms with van der Waals surface area (Å²) in [4.78, 5) is 0. The maximum absolute atomic E-state index is 8.44. The largest absolute Gasteiger partial charge is 0.396 e. The molecule has 4 N–H and O–H groups in total. The molecular weight excluding hydrogens is 292 g/mol. The molecule has 0 heterocycles. The van der Waals surface area contributed by atoms with Crippen molar-refractivity contribution in [1.29, 1.82) is 0 Å². The van der Waals surface area contributed by atoms with Gasteiger partial charge in [-0.3, -0.25) is 0 Å². The average Bonchev–Trinajstić information content (AvgIpc) is 2.54. The van der Waals surface area contributed by atoms with E-state index >= 15 is 0 Å². The summed E-state index contributed by atoms with van der Waals surface area (Å²) < 4.78 is 15.4. The van der Waals surface area contributed by atoms with Gasteiger partial charge in [0.1, 0.15) is 0 Å². The lowest BCUT2D eigenvalue weighted by Crippen LogP contribution is -2.04. The van der Waals surface area contributed by atoms with Gasteiger partial charge in [-0.1, -0.05) is 0 Å². The Hall–Kier alpha value is -0.280. The highest BCUT2D eigenvalue weighted by Gasteiger charge is 1.90. The van der Waals surface area contributed by atoms with Crippen molar-refractivity contribution in [3.8, 4) is 0 Å². The third kappa shape index (κ3) is 28.0. The first kappa shape index (κ1) is 24.0. The molecule has 7 heteroatoms. The van der Waals surface area contributed by atoms with Crippen molar-refractivity contribution in [2.24, 2.45) is 0 Å². The number of aliphatic hydroxyl groups is 4. The van der Waals surface area contributed by atoms with Gasteiger partial charge in [0, 0.05) is 66.1 Å². The van der Waals surface area contributed by atoms with Crippen molar-refractivity contribution in [3.63, 3.8) is 0 Å². The van der Waals surface area contributed by atoms with E-state index in [0.29, 0.717) is 65.3 Å². The zero-order valence-electron chi connectivity index (χ0n) is 13.6. The molecular formula is C15H34O7. The minimum Gasteiger partial charge on any atom is -0.396 e. The molecule has 0 aromatic rings. The molecule has 0 radical (unpaired) electrons. The van der Waals surface area contributed by atoms with Crippen LogP contribution in [0.3, 0.4) is 0 Å². The first-order chi connectivity index (χ1) is 10.8. The molecule has 0 bridgehead atoms. The van der Waals surface area contributed by atoms with E-state index in [1.807, 2.05) is 0 Å². The minimum absolute atomic E-state index is 0.180. The van der Waals surface area contributed by atoms with E-state index in [-0.39, 0.29) is 26.4 Å². The molecule has 7 nitrogen and oxygen atoms in total. The van der Waals surface area contributed by atoms with Gasteiger partial charge in [0.2, 0.25) is 0 Å². The molecule has 0 aliphatic heterocycles. The molecule has 0 aliphatic rings. The van der Waals surface area contributed by atoms with Gasteiger partial charge in [-0.15, -0.1) is 0 Å². The maximum Gasteiger partial charge on any atom is 0.0488 e. The SMILES string of the molecule is OCCCOCCCO.OCCCOCCCOCCCO. The van der Waals surface area contributed by atoms with Crippen LogP contribution in [-0.4, -0.2) is 86.5 Å². The molecule has 0 atom stereocenters. The van der Waals surface area contributed by atoms with Gasteiger partial charge in [0.25, 0.3) is 0 Å². The topological polar surface area (TPSA) is 109 Å². The molecule has 0 aromatic carbocycles. The fraction of sp³-hybridized carbons (Fsp3) is 1.00. The predicted octanol–water partition coefficient (Wildman–Crippen LogP) is -0.0577. The summed E-state index contributed by atoms with van der Waals surface area (Å²) in [6.07, 6.45) is 3.64. The zero-order valence-corrected chi connectivity index (χ0v) is 13.6. The molecule has 0 amide bonds. The van der Waals surface area contributed by atoms with Crippen molar-refractivity contribution in [2.75, 3.05) is 66.1 Å². The Morgan fingerprint density at radius 2 is 0.591 bits per heavy atom. The van der Waals surface area contributed by atoms with Crippen LogP contribution in [0.4, 0.5) is 0 Å². The molecule has 0 rings (SSSR count). The van der Waals surface area contributed by atoms with Crippen LogP contribution in [0, 0.1) is 0 Å². The molecule has 0 saturated carbocycles. The second-order valence-electron chi connectivity index (χ2n) is 4.50. The Bertz CT molecular complexity index is 154. The van der Waals surface area contributed by atoms with Crippen molar-refractivity contribution in [2.45, 2.75) is 32.1 Å². The Balaban J connectivity index is 0. The van der Waals surface area contributed by atoms with E-state index in [4.69, 9.17) is 34.6 Å².